The lowest BCUT2D eigenvalue weighted by atomic mass is 9.88. The molecule has 0 bridgehead atoms. The molecule has 0 radical (unpaired) electrons. The highest BCUT2D eigenvalue weighted by Gasteiger charge is 2.38. The van der Waals surface area contributed by atoms with E-state index in [1.165, 1.54) is 38.0 Å². The van der Waals surface area contributed by atoms with Gasteiger partial charge in [0.1, 0.15) is 0 Å². The van der Waals surface area contributed by atoms with Gasteiger partial charge >= 0.3 is 0 Å². The third-order valence-electron chi connectivity index (χ3n) is 4.71. The topological polar surface area (TPSA) is 33.1 Å². The Bertz CT molecular complexity index is 449. The second kappa shape index (κ2) is 7.25. The summed E-state index contributed by atoms with van der Waals surface area (Å²) in [5, 5.41) is 8.09. The summed E-state index contributed by atoms with van der Waals surface area (Å²) in [6.45, 7) is 10.3. The molecule has 1 fully saturated rings. The first-order valence-corrected chi connectivity index (χ1v) is 8.95. The number of likely N-dealkylation sites (N-methyl/N-ethyl adjacent to an activating group) is 1. The number of likely N-dealkylation sites (tertiary alicyclic amines) is 1. The minimum atomic E-state index is 0.0726. The fraction of sp³-hybridized carbons (Fsp3) is 0.812. The first-order chi connectivity index (χ1) is 10.0. The lowest BCUT2D eigenvalue weighted by Crippen LogP contribution is -2.54. The molecule has 1 aromatic heterocycles. The molecule has 0 aromatic carbocycles. The molecule has 2 heterocycles. The molecule has 1 N–H and O–H groups in total. The summed E-state index contributed by atoms with van der Waals surface area (Å²) in [6.07, 6.45) is 7.03. The van der Waals surface area contributed by atoms with Gasteiger partial charge in [-0.25, -0.2) is 0 Å². The van der Waals surface area contributed by atoms with Gasteiger partial charge in [-0.15, -0.1) is 0 Å². The highest BCUT2D eigenvalue weighted by Crippen LogP contribution is 2.36. The van der Waals surface area contributed by atoms with Crippen molar-refractivity contribution in [2.75, 3.05) is 20.1 Å². The van der Waals surface area contributed by atoms with Crippen molar-refractivity contribution in [1.82, 2.24) is 20.0 Å². The van der Waals surface area contributed by atoms with E-state index in [0.717, 1.165) is 17.4 Å². The lowest BCUT2D eigenvalue weighted by Gasteiger charge is -2.46. The third kappa shape index (κ3) is 3.51. The molecule has 0 saturated carbocycles. The van der Waals surface area contributed by atoms with Gasteiger partial charge in [0.05, 0.1) is 22.4 Å². The van der Waals surface area contributed by atoms with Gasteiger partial charge in [0.15, 0.2) is 0 Å². The number of hydrogen-bond donors (Lipinski definition) is 1. The van der Waals surface area contributed by atoms with Gasteiger partial charge in [-0.1, -0.05) is 13.3 Å². The van der Waals surface area contributed by atoms with E-state index in [-0.39, 0.29) is 11.6 Å². The maximum absolute atomic E-state index is 4.54. The Morgan fingerprint density at radius 2 is 2.00 bits per heavy atom. The smallest absolute Gasteiger partial charge is 0.0714 e. The van der Waals surface area contributed by atoms with Crippen LogP contribution in [0.25, 0.3) is 0 Å². The Kier molecular flexibility index (Phi) is 5.86. The summed E-state index contributed by atoms with van der Waals surface area (Å²) in [4.78, 5) is 2.63. The van der Waals surface area contributed by atoms with Gasteiger partial charge in [0.2, 0.25) is 0 Å². The van der Waals surface area contributed by atoms with Crippen LogP contribution in [0.3, 0.4) is 0 Å². The Hall–Kier alpha value is -0.390. The molecule has 2 rings (SSSR count). The zero-order valence-electron chi connectivity index (χ0n) is 13.8. The number of halogens is 1. The highest BCUT2D eigenvalue weighted by molar-refractivity contribution is 9.10. The minimum Gasteiger partial charge on any atom is -0.310 e. The van der Waals surface area contributed by atoms with Crippen LogP contribution in [0.1, 0.15) is 58.2 Å². The zero-order valence-corrected chi connectivity index (χ0v) is 15.4. The van der Waals surface area contributed by atoms with Crippen molar-refractivity contribution < 1.29 is 0 Å². The van der Waals surface area contributed by atoms with Gasteiger partial charge in [-0.05, 0) is 69.2 Å². The number of nitrogens with zero attached hydrogens (tertiary/aromatic N) is 3. The van der Waals surface area contributed by atoms with E-state index < -0.39 is 0 Å². The molecule has 120 valence electrons. The second-order valence-electron chi connectivity index (χ2n) is 6.52. The summed E-state index contributed by atoms with van der Waals surface area (Å²) < 4.78 is 3.26. The van der Waals surface area contributed by atoms with Crippen LogP contribution in [-0.4, -0.2) is 40.4 Å². The summed E-state index contributed by atoms with van der Waals surface area (Å²) in [6, 6.07) is 0.263. The molecular weight excluding hydrogens is 328 g/mol. The molecule has 1 atom stereocenters. The number of rotatable bonds is 6. The van der Waals surface area contributed by atoms with Crippen molar-refractivity contribution in [2.45, 2.75) is 64.6 Å². The Morgan fingerprint density at radius 3 is 2.57 bits per heavy atom. The molecule has 1 unspecified atom stereocenters. The fourth-order valence-electron chi connectivity index (χ4n) is 3.53. The van der Waals surface area contributed by atoms with Crippen LogP contribution in [0.5, 0.6) is 0 Å². The fourth-order valence-corrected chi connectivity index (χ4v) is 4.05. The van der Waals surface area contributed by atoms with Gasteiger partial charge < -0.3 is 5.32 Å². The van der Waals surface area contributed by atoms with E-state index in [2.05, 4.69) is 63.7 Å². The molecule has 4 nitrogen and oxygen atoms in total. The molecule has 0 amide bonds. The average molecular weight is 357 g/mol. The third-order valence-corrected chi connectivity index (χ3v) is 5.32. The van der Waals surface area contributed by atoms with Crippen molar-refractivity contribution in [3.63, 3.8) is 0 Å². The number of piperidine rings is 1. The standard InChI is InChI=1S/C16H29BrN4/c1-5-9-21-14(13(17)12-19-21)15(18-4)16(2,3)20-10-7-6-8-11-20/h12,15,18H,5-11H2,1-4H3. The van der Waals surface area contributed by atoms with Crippen molar-refractivity contribution >= 4 is 15.9 Å². The first-order valence-electron chi connectivity index (χ1n) is 8.15. The van der Waals surface area contributed by atoms with Crippen LogP contribution in [0.2, 0.25) is 0 Å². The number of nitrogens with one attached hydrogen (secondary N) is 1. The number of aryl methyl sites for hydroxylation is 1. The molecule has 0 aliphatic carbocycles. The van der Waals surface area contributed by atoms with E-state index in [0.29, 0.717) is 0 Å². The molecule has 1 aliphatic rings. The van der Waals surface area contributed by atoms with E-state index >= 15 is 0 Å². The van der Waals surface area contributed by atoms with Crippen molar-refractivity contribution in [3.05, 3.63) is 16.4 Å². The van der Waals surface area contributed by atoms with E-state index in [1.54, 1.807) is 0 Å². The van der Waals surface area contributed by atoms with Crippen LogP contribution >= 0.6 is 15.9 Å². The van der Waals surface area contributed by atoms with Crippen LogP contribution in [0.4, 0.5) is 0 Å². The van der Waals surface area contributed by atoms with Crippen molar-refractivity contribution in [2.24, 2.45) is 0 Å². The van der Waals surface area contributed by atoms with Crippen LogP contribution in [0, 0.1) is 0 Å². The number of aromatic nitrogens is 2. The van der Waals surface area contributed by atoms with Crippen molar-refractivity contribution in [3.8, 4) is 0 Å². The lowest BCUT2D eigenvalue weighted by molar-refractivity contribution is 0.0601. The maximum Gasteiger partial charge on any atom is 0.0714 e. The maximum atomic E-state index is 4.54. The van der Waals surface area contributed by atoms with Gasteiger partial charge in [0.25, 0.3) is 0 Å². The quantitative estimate of drug-likeness (QED) is 0.845. The predicted molar refractivity (Wildman–Crippen MR) is 91.5 cm³/mol. The monoisotopic (exact) mass is 356 g/mol. The molecule has 21 heavy (non-hydrogen) atoms. The van der Waals surface area contributed by atoms with Crippen LogP contribution in [-0.2, 0) is 6.54 Å². The Balaban J connectivity index is 2.31. The molecule has 1 aliphatic heterocycles. The SMILES string of the molecule is CCCn1ncc(Br)c1C(NC)C(C)(C)N1CCCCC1. The number of hydrogen-bond acceptors (Lipinski definition) is 3. The zero-order chi connectivity index (χ0) is 15.5. The van der Waals surface area contributed by atoms with E-state index in [9.17, 15) is 0 Å². The van der Waals surface area contributed by atoms with Gasteiger partial charge in [-0.3, -0.25) is 9.58 Å². The minimum absolute atomic E-state index is 0.0726. The summed E-state index contributed by atoms with van der Waals surface area (Å²) in [5.74, 6) is 0. The van der Waals surface area contributed by atoms with Crippen LogP contribution < -0.4 is 5.32 Å². The summed E-state index contributed by atoms with van der Waals surface area (Å²) in [5.41, 5.74) is 1.35. The molecule has 0 spiro atoms. The largest absolute Gasteiger partial charge is 0.310 e. The van der Waals surface area contributed by atoms with Gasteiger partial charge in [0, 0.05) is 12.1 Å². The summed E-state index contributed by atoms with van der Waals surface area (Å²) in [7, 11) is 2.06. The van der Waals surface area contributed by atoms with Crippen LogP contribution in [0.15, 0.2) is 10.7 Å². The molecule has 1 saturated heterocycles. The normalized spacial score (nSPS) is 18.9. The highest BCUT2D eigenvalue weighted by atomic mass is 79.9. The molecular formula is C16H29BrN4. The van der Waals surface area contributed by atoms with Crippen molar-refractivity contribution in [1.29, 1.82) is 0 Å². The first kappa shape index (κ1) is 17.0. The molecule has 1 aromatic rings. The van der Waals surface area contributed by atoms with Gasteiger partial charge in [-0.2, -0.15) is 5.10 Å². The predicted octanol–water partition coefficient (Wildman–Crippen LogP) is 3.58. The Morgan fingerprint density at radius 1 is 1.33 bits per heavy atom. The van der Waals surface area contributed by atoms with E-state index in [1.807, 2.05) is 6.20 Å². The Labute approximate surface area is 137 Å². The van der Waals surface area contributed by atoms with E-state index in [4.69, 9.17) is 0 Å². The summed E-state index contributed by atoms with van der Waals surface area (Å²) >= 11 is 3.70. The average Bonchev–Trinajstić information content (AvgIpc) is 2.83. The molecule has 5 heteroatoms. The second-order valence-corrected chi connectivity index (χ2v) is 7.38.